The molecule has 0 spiro atoms. The molecule has 0 saturated heterocycles. The summed E-state index contributed by atoms with van der Waals surface area (Å²) in [5.74, 6) is 0.111. The molecule has 31 heavy (non-hydrogen) atoms. The first-order valence-corrected chi connectivity index (χ1v) is 10.1. The summed E-state index contributed by atoms with van der Waals surface area (Å²) >= 11 is 0. The van der Waals surface area contributed by atoms with Crippen LogP contribution in [0.15, 0.2) is 59.5 Å². The summed E-state index contributed by atoms with van der Waals surface area (Å²) in [5, 5.41) is 5.74. The van der Waals surface area contributed by atoms with Crippen LogP contribution >= 0.6 is 0 Å². The number of nitrogens with one attached hydrogen (secondary N) is 2. The van der Waals surface area contributed by atoms with Crippen LogP contribution in [0, 0.1) is 6.92 Å². The number of carbonyl (C=O) groups is 2. The second-order valence-corrected chi connectivity index (χ2v) is 7.36. The van der Waals surface area contributed by atoms with E-state index in [9.17, 15) is 14.4 Å². The number of aromatic nitrogens is 1. The Kier molecular flexibility index (Phi) is 5.58. The van der Waals surface area contributed by atoms with E-state index in [4.69, 9.17) is 4.74 Å². The molecule has 2 N–H and O–H groups in total. The van der Waals surface area contributed by atoms with Crippen LogP contribution in [0.4, 0.5) is 11.4 Å². The van der Waals surface area contributed by atoms with E-state index in [1.165, 1.54) is 10.6 Å². The van der Waals surface area contributed by atoms with Crippen molar-refractivity contribution in [2.24, 2.45) is 0 Å². The van der Waals surface area contributed by atoms with Crippen molar-refractivity contribution < 1.29 is 14.3 Å². The maximum Gasteiger partial charge on any atom is 0.255 e. The van der Waals surface area contributed by atoms with Crippen molar-refractivity contribution in [3.63, 3.8) is 0 Å². The number of hydrogen-bond acceptors (Lipinski definition) is 4. The van der Waals surface area contributed by atoms with Crippen molar-refractivity contribution in [3.05, 3.63) is 87.3 Å². The van der Waals surface area contributed by atoms with E-state index >= 15 is 0 Å². The van der Waals surface area contributed by atoms with E-state index in [0.717, 1.165) is 29.0 Å². The molecular weight excluding hydrogens is 394 g/mol. The first kappa shape index (κ1) is 20.4. The Labute approximate surface area is 179 Å². The Morgan fingerprint density at radius 1 is 1.00 bits per heavy atom. The number of rotatable bonds is 5. The highest BCUT2D eigenvalue weighted by Crippen LogP contribution is 2.32. The molecular formula is C24H23N3O4. The summed E-state index contributed by atoms with van der Waals surface area (Å²) in [5.41, 5.74) is 3.47. The normalized spacial score (nSPS) is 12.1. The molecule has 1 aromatic heterocycles. The lowest BCUT2D eigenvalue weighted by atomic mass is 10.1. The van der Waals surface area contributed by atoms with Gasteiger partial charge in [-0.3, -0.25) is 14.4 Å². The Balaban J connectivity index is 1.54. The lowest BCUT2D eigenvalue weighted by Crippen LogP contribution is -2.22. The molecule has 1 aliphatic heterocycles. The molecule has 0 bridgehead atoms. The maximum atomic E-state index is 12.8. The first-order valence-electron chi connectivity index (χ1n) is 10.1. The van der Waals surface area contributed by atoms with Crippen molar-refractivity contribution in [1.29, 1.82) is 0 Å². The maximum absolute atomic E-state index is 12.8. The summed E-state index contributed by atoms with van der Waals surface area (Å²) in [6, 6.07) is 13.6. The molecule has 0 aliphatic carbocycles. The van der Waals surface area contributed by atoms with Crippen molar-refractivity contribution in [3.8, 4) is 5.75 Å². The third-order valence-electron chi connectivity index (χ3n) is 5.34. The molecule has 3 aromatic rings. The van der Waals surface area contributed by atoms with Gasteiger partial charge in [0.1, 0.15) is 5.75 Å². The molecule has 2 aromatic carbocycles. The van der Waals surface area contributed by atoms with Crippen LogP contribution < -0.4 is 20.9 Å². The summed E-state index contributed by atoms with van der Waals surface area (Å²) in [6.07, 6.45) is 2.34. The third-order valence-corrected chi connectivity index (χ3v) is 5.34. The monoisotopic (exact) mass is 417 g/mol. The van der Waals surface area contributed by atoms with Gasteiger partial charge in [0.2, 0.25) is 0 Å². The number of nitrogens with zero attached hydrogens (tertiary/aromatic N) is 1. The van der Waals surface area contributed by atoms with Gasteiger partial charge >= 0.3 is 0 Å². The second-order valence-electron chi connectivity index (χ2n) is 7.36. The summed E-state index contributed by atoms with van der Waals surface area (Å²) in [4.78, 5) is 37.5. The highest BCUT2D eigenvalue weighted by atomic mass is 16.5. The number of pyridine rings is 1. The van der Waals surface area contributed by atoms with Crippen molar-refractivity contribution in [1.82, 2.24) is 4.57 Å². The topological polar surface area (TPSA) is 89.4 Å². The number of benzene rings is 2. The van der Waals surface area contributed by atoms with Gasteiger partial charge < -0.3 is 19.9 Å². The van der Waals surface area contributed by atoms with Gasteiger partial charge in [0.05, 0.1) is 6.61 Å². The van der Waals surface area contributed by atoms with Gasteiger partial charge in [-0.25, -0.2) is 0 Å². The van der Waals surface area contributed by atoms with E-state index in [-0.39, 0.29) is 17.0 Å². The number of carbonyl (C=O) groups excluding carboxylic acids is 2. The molecule has 7 nitrogen and oxygen atoms in total. The predicted molar refractivity (Wildman–Crippen MR) is 119 cm³/mol. The first-order chi connectivity index (χ1) is 15.0. The highest BCUT2D eigenvalue weighted by Gasteiger charge is 2.18. The fourth-order valence-corrected chi connectivity index (χ4v) is 3.54. The Hall–Kier alpha value is -3.87. The smallest absolute Gasteiger partial charge is 0.255 e. The molecule has 7 heteroatoms. The van der Waals surface area contributed by atoms with E-state index < -0.39 is 5.91 Å². The fourth-order valence-electron chi connectivity index (χ4n) is 3.54. The number of fused-ring (bicyclic) bond motifs is 1. The van der Waals surface area contributed by atoms with Crippen LogP contribution in [0.25, 0.3) is 0 Å². The van der Waals surface area contributed by atoms with Crippen molar-refractivity contribution in [2.75, 3.05) is 17.2 Å². The molecule has 0 fully saturated rings. The minimum absolute atomic E-state index is 0.237. The molecule has 158 valence electrons. The molecule has 2 heterocycles. The Bertz CT molecular complexity index is 1230. The van der Waals surface area contributed by atoms with Crippen LogP contribution in [0.3, 0.4) is 0 Å². The van der Waals surface area contributed by atoms with Crippen molar-refractivity contribution in [2.45, 2.75) is 26.8 Å². The fraction of sp³-hybridized carbons (Fsp3) is 0.208. The van der Waals surface area contributed by atoms with Crippen LogP contribution in [0.5, 0.6) is 5.75 Å². The SMILES string of the molecule is CCn1ccc(C(=O)Nc2cc(C(=O)Nc3cccc4c3CCO4)ccc2C)cc1=O. The zero-order valence-corrected chi connectivity index (χ0v) is 17.4. The lowest BCUT2D eigenvalue weighted by molar-refractivity contribution is 0.101. The predicted octanol–water partition coefficient (Wildman–Crippen LogP) is 3.62. The van der Waals surface area contributed by atoms with Crippen LogP contribution in [0.1, 0.15) is 38.8 Å². The van der Waals surface area contributed by atoms with Gasteiger partial charge in [0, 0.05) is 53.3 Å². The van der Waals surface area contributed by atoms with Gasteiger partial charge in [-0.05, 0) is 49.7 Å². The van der Waals surface area contributed by atoms with Gasteiger partial charge in [-0.2, -0.15) is 0 Å². The number of anilines is 2. The molecule has 4 rings (SSSR count). The van der Waals surface area contributed by atoms with E-state index in [1.807, 2.05) is 32.0 Å². The molecule has 1 aliphatic rings. The Morgan fingerprint density at radius 3 is 2.48 bits per heavy atom. The largest absolute Gasteiger partial charge is 0.493 e. The highest BCUT2D eigenvalue weighted by molar-refractivity contribution is 6.08. The Morgan fingerprint density at radius 2 is 1.74 bits per heavy atom. The average Bonchev–Trinajstić information content (AvgIpc) is 3.25. The van der Waals surface area contributed by atoms with Crippen LogP contribution in [-0.4, -0.2) is 23.0 Å². The van der Waals surface area contributed by atoms with E-state index in [2.05, 4.69) is 10.6 Å². The average molecular weight is 417 g/mol. The zero-order valence-electron chi connectivity index (χ0n) is 17.4. The van der Waals surface area contributed by atoms with Gasteiger partial charge in [-0.1, -0.05) is 12.1 Å². The number of amides is 2. The van der Waals surface area contributed by atoms with Gasteiger partial charge in [0.25, 0.3) is 17.4 Å². The number of hydrogen-bond donors (Lipinski definition) is 2. The summed E-state index contributed by atoms with van der Waals surface area (Å²) < 4.78 is 7.06. The summed E-state index contributed by atoms with van der Waals surface area (Å²) in [6.45, 7) is 4.84. The quantitative estimate of drug-likeness (QED) is 0.664. The summed E-state index contributed by atoms with van der Waals surface area (Å²) in [7, 11) is 0. The molecule has 0 saturated carbocycles. The van der Waals surface area contributed by atoms with Crippen LogP contribution in [0.2, 0.25) is 0 Å². The number of ether oxygens (including phenoxy) is 1. The van der Waals surface area contributed by atoms with E-state index in [0.29, 0.717) is 24.4 Å². The van der Waals surface area contributed by atoms with E-state index in [1.54, 1.807) is 30.5 Å². The third kappa shape index (κ3) is 4.21. The second kappa shape index (κ2) is 8.47. The standard InChI is InChI=1S/C24H23N3O4/c1-3-27-11-9-17(14-22(27)28)24(30)26-20-13-16(8-7-15(20)2)23(29)25-19-5-4-6-21-18(19)10-12-31-21/h4-9,11,13-14H,3,10,12H2,1-2H3,(H,25,29)(H,26,30). The van der Waals surface area contributed by atoms with Gasteiger partial charge in [-0.15, -0.1) is 0 Å². The molecule has 0 atom stereocenters. The lowest BCUT2D eigenvalue weighted by Gasteiger charge is -2.13. The number of aryl methyl sites for hydroxylation is 2. The van der Waals surface area contributed by atoms with Crippen molar-refractivity contribution >= 4 is 23.2 Å². The van der Waals surface area contributed by atoms with Crippen LogP contribution in [-0.2, 0) is 13.0 Å². The minimum Gasteiger partial charge on any atom is -0.493 e. The minimum atomic E-state index is -0.404. The van der Waals surface area contributed by atoms with Gasteiger partial charge in [0.15, 0.2) is 0 Å². The molecule has 0 unspecified atom stereocenters. The molecule has 0 radical (unpaired) electrons. The molecule has 2 amide bonds. The zero-order chi connectivity index (χ0) is 22.0.